The zero-order valence-electron chi connectivity index (χ0n) is 19.0. The number of hydrogen-bond acceptors (Lipinski definition) is 5. The SMILES string of the molecule is Cc1cccc2c1NC(C(=O)NCC1CN3CCNC3(C3CCCCCCC3)CN1)C2. The zero-order chi connectivity index (χ0) is 21.3. The maximum absolute atomic E-state index is 12.8. The van der Waals surface area contributed by atoms with Gasteiger partial charge in [0.25, 0.3) is 0 Å². The summed E-state index contributed by atoms with van der Waals surface area (Å²) in [7, 11) is 0. The number of rotatable bonds is 4. The summed E-state index contributed by atoms with van der Waals surface area (Å²) in [5.74, 6) is 0.858. The van der Waals surface area contributed by atoms with Gasteiger partial charge in [-0.1, -0.05) is 50.3 Å². The molecular weight excluding hydrogens is 386 g/mol. The van der Waals surface area contributed by atoms with Crippen LogP contribution in [-0.4, -0.2) is 61.3 Å². The molecule has 0 bridgehead atoms. The molecule has 1 aliphatic carbocycles. The number of piperazine rings is 1. The molecule has 3 atom stereocenters. The predicted octanol–water partition coefficient (Wildman–Crippen LogP) is 2.38. The first-order valence-electron chi connectivity index (χ1n) is 12.5. The number of amides is 1. The summed E-state index contributed by atoms with van der Waals surface area (Å²) in [6.07, 6.45) is 10.4. The number of carbonyl (C=O) groups excluding carboxylic acids is 1. The number of aryl methyl sites for hydroxylation is 1. The van der Waals surface area contributed by atoms with Crippen molar-refractivity contribution < 1.29 is 4.79 Å². The van der Waals surface area contributed by atoms with Crippen molar-refractivity contribution in [2.75, 3.05) is 38.0 Å². The second-order valence-electron chi connectivity index (χ2n) is 10.2. The molecule has 4 aliphatic rings. The van der Waals surface area contributed by atoms with Crippen LogP contribution in [0.3, 0.4) is 0 Å². The molecule has 0 spiro atoms. The van der Waals surface area contributed by atoms with Gasteiger partial charge in [0.1, 0.15) is 6.04 Å². The van der Waals surface area contributed by atoms with Crippen LogP contribution in [0.4, 0.5) is 5.69 Å². The molecule has 6 heteroatoms. The molecule has 3 fully saturated rings. The van der Waals surface area contributed by atoms with E-state index in [0.29, 0.717) is 12.6 Å². The van der Waals surface area contributed by atoms with Gasteiger partial charge in [0.15, 0.2) is 0 Å². The molecule has 3 heterocycles. The van der Waals surface area contributed by atoms with E-state index in [1.807, 2.05) is 0 Å². The van der Waals surface area contributed by atoms with Crippen molar-refractivity contribution in [1.29, 1.82) is 0 Å². The Kier molecular flexibility index (Phi) is 6.22. The predicted molar refractivity (Wildman–Crippen MR) is 125 cm³/mol. The largest absolute Gasteiger partial charge is 0.373 e. The van der Waals surface area contributed by atoms with E-state index in [0.717, 1.165) is 44.2 Å². The minimum Gasteiger partial charge on any atom is -0.373 e. The molecule has 170 valence electrons. The van der Waals surface area contributed by atoms with Crippen LogP contribution in [0, 0.1) is 12.8 Å². The number of carbonyl (C=O) groups is 1. The molecule has 1 aromatic rings. The normalized spacial score (nSPS) is 31.9. The van der Waals surface area contributed by atoms with Crippen LogP contribution in [-0.2, 0) is 11.2 Å². The van der Waals surface area contributed by atoms with Gasteiger partial charge in [0.05, 0.1) is 5.66 Å². The van der Waals surface area contributed by atoms with Crippen molar-refractivity contribution in [3.05, 3.63) is 29.3 Å². The summed E-state index contributed by atoms with van der Waals surface area (Å²) in [5, 5.41) is 14.4. The van der Waals surface area contributed by atoms with Crippen LogP contribution < -0.4 is 21.3 Å². The monoisotopic (exact) mass is 425 g/mol. The Morgan fingerprint density at radius 1 is 1.19 bits per heavy atom. The number of benzene rings is 1. The number of nitrogens with zero attached hydrogens (tertiary/aromatic N) is 1. The van der Waals surface area contributed by atoms with Crippen molar-refractivity contribution in [1.82, 2.24) is 20.9 Å². The molecule has 1 amide bonds. The highest BCUT2D eigenvalue weighted by Gasteiger charge is 2.49. The fourth-order valence-corrected chi connectivity index (χ4v) is 6.45. The van der Waals surface area contributed by atoms with Crippen LogP contribution in [0.25, 0.3) is 0 Å². The number of fused-ring (bicyclic) bond motifs is 2. The molecule has 6 nitrogen and oxygen atoms in total. The fraction of sp³-hybridized carbons (Fsp3) is 0.720. The first-order chi connectivity index (χ1) is 15.2. The lowest BCUT2D eigenvalue weighted by molar-refractivity contribution is -0.121. The Balaban J connectivity index is 1.15. The molecule has 4 N–H and O–H groups in total. The average molecular weight is 426 g/mol. The summed E-state index contributed by atoms with van der Waals surface area (Å²) in [6, 6.07) is 6.47. The van der Waals surface area contributed by atoms with Crippen LogP contribution in [0.2, 0.25) is 0 Å². The Labute approximate surface area is 186 Å². The second-order valence-corrected chi connectivity index (χ2v) is 10.2. The third-order valence-electron chi connectivity index (χ3n) is 8.20. The van der Waals surface area contributed by atoms with Crippen molar-refractivity contribution in [3.8, 4) is 0 Å². The minimum atomic E-state index is -0.151. The highest BCUT2D eigenvalue weighted by Crippen LogP contribution is 2.37. The Hall–Kier alpha value is -1.63. The number of anilines is 1. The van der Waals surface area contributed by atoms with Crippen molar-refractivity contribution >= 4 is 11.6 Å². The maximum atomic E-state index is 12.8. The third kappa shape index (κ3) is 4.22. The smallest absolute Gasteiger partial charge is 0.242 e. The summed E-state index contributed by atoms with van der Waals surface area (Å²) >= 11 is 0. The molecule has 1 aromatic carbocycles. The lowest BCUT2D eigenvalue weighted by Gasteiger charge is -2.50. The van der Waals surface area contributed by atoms with Crippen LogP contribution in [0.15, 0.2) is 18.2 Å². The van der Waals surface area contributed by atoms with Crippen molar-refractivity contribution in [3.63, 3.8) is 0 Å². The first-order valence-corrected chi connectivity index (χ1v) is 12.5. The van der Waals surface area contributed by atoms with Crippen LogP contribution in [0.1, 0.15) is 56.1 Å². The molecule has 2 saturated heterocycles. The van der Waals surface area contributed by atoms with Gasteiger partial charge in [-0.05, 0) is 36.8 Å². The molecule has 31 heavy (non-hydrogen) atoms. The van der Waals surface area contributed by atoms with E-state index in [1.165, 1.54) is 56.1 Å². The van der Waals surface area contributed by atoms with Gasteiger partial charge in [-0.3, -0.25) is 15.0 Å². The Morgan fingerprint density at radius 3 is 2.81 bits per heavy atom. The van der Waals surface area contributed by atoms with Crippen LogP contribution >= 0.6 is 0 Å². The van der Waals surface area contributed by atoms with Gasteiger partial charge in [0.2, 0.25) is 5.91 Å². The molecule has 0 radical (unpaired) electrons. The van der Waals surface area contributed by atoms with E-state index in [2.05, 4.69) is 51.3 Å². The van der Waals surface area contributed by atoms with Crippen LogP contribution in [0.5, 0.6) is 0 Å². The van der Waals surface area contributed by atoms with E-state index in [-0.39, 0.29) is 17.6 Å². The Morgan fingerprint density at radius 2 is 2.00 bits per heavy atom. The summed E-state index contributed by atoms with van der Waals surface area (Å²) in [4.78, 5) is 15.5. The number of nitrogens with one attached hydrogen (secondary N) is 4. The zero-order valence-corrected chi connectivity index (χ0v) is 19.0. The first kappa shape index (κ1) is 21.2. The van der Waals surface area contributed by atoms with Gasteiger partial charge in [-0.15, -0.1) is 0 Å². The fourth-order valence-electron chi connectivity index (χ4n) is 6.45. The van der Waals surface area contributed by atoms with Gasteiger partial charge in [-0.2, -0.15) is 0 Å². The Bertz CT molecular complexity index is 790. The lowest BCUT2D eigenvalue weighted by atomic mass is 9.79. The van der Waals surface area contributed by atoms with Crippen molar-refractivity contribution in [2.45, 2.75) is 76.0 Å². The highest BCUT2D eigenvalue weighted by molar-refractivity contribution is 5.87. The van der Waals surface area contributed by atoms with Gasteiger partial charge in [0, 0.05) is 50.9 Å². The molecule has 0 aromatic heterocycles. The maximum Gasteiger partial charge on any atom is 0.242 e. The topological polar surface area (TPSA) is 68.4 Å². The molecule has 5 rings (SSSR count). The van der Waals surface area contributed by atoms with Gasteiger partial charge >= 0.3 is 0 Å². The van der Waals surface area contributed by atoms with E-state index >= 15 is 0 Å². The number of hydrogen-bond donors (Lipinski definition) is 4. The third-order valence-corrected chi connectivity index (χ3v) is 8.20. The van der Waals surface area contributed by atoms with Gasteiger partial charge < -0.3 is 16.0 Å². The average Bonchev–Trinajstić information content (AvgIpc) is 3.37. The molecule has 1 saturated carbocycles. The second kappa shape index (κ2) is 9.08. The number of para-hydroxylation sites is 1. The molecular formula is C25H39N5O. The van der Waals surface area contributed by atoms with E-state index in [9.17, 15) is 4.79 Å². The van der Waals surface area contributed by atoms with E-state index in [1.54, 1.807) is 0 Å². The van der Waals surface area contributed by atoms with E-state index in [4.69, 9.17) is 0 Å². The van der Waals surface area contributed by atoms with Gasteiger partial charge in [-0.25, -0.2) is 0 Å². The van der Waals surface area contributed by atoms with Crippen molar-refractivity contribution in [2.24, 2.45) is 5.92 Å². The quantitative estimate of drug-likeness (QED) is 0.596. The molecule has 3 unspecified atom stereocenters. The molecule has 3 aliphatic heterocycles. The lowest BCUT2D eigenvalue weighted by Crippen LogP contribution is -2.70. The summed E-state index contributed by atoms with van der Waals surface area (Å²) in [5.41, 5.74) is 3.74. The highest BCUT2D eigenvalue weighted by atomic mass is 16.2. The summed E-state index contributed by atoms with van der Waals surface area (Å²) < 4.78 is 0. The summed E-state index contributed by atoms with van der Waals surface area (Å²) in [6.45, 7) is 7.02. The standard InChI is InChI=1S/C25H39N5O/c1-18-8-7-9-19-14-22(29-23(18)19)24(31)26-15-21-16-30-13-12-28-25(30,17-27-21)20-10-5-3-2-4-6-11-20/h7-9,20-22,27-29H,2-6,10-17H2,1H3,(H,26,31). The van der Waals surface area contributed by atoms with E-state index < -0.39 is 0 Å². The minimum absolute atomic E-state index is 0.119.